The maximum absolute atomic E-state index is 12.8. The molecule has 1 aliphatic rings. The zero-order valence-electron chi connectivity index (χ0n) is 12.1. The molecule has 2 N–H and O–H groups in total. The van der Waals surface area contributed by atoms with Crippen LogP contribution in [-0.4, -0.2) is 28.9 Å². The lowest BCUT2D eigenvalue weighted by molar-refractivity contribution is -0.385. The molecular formula is C15H14N4O4. The lowest BCUT2D eigenvalue weighted by Crippen LogP contribution is -2.33. The Morgan fingerprint density at radius 3 is 2.83 bits per heavy atom. The monoisotopic (exact) mass is 314 g/mol. The molecule has 0 spiro atoms. The van der Waals surface area contributed by atoms with Crippen LogP contribution in [0.3, 0.4) is 0 Å². The molecule has 1 aromatic heterocycles. The molecule has 0 fully saturated rings. The Morgan fingerprint density at radius 1 is 1.30 bits per heavy atom. The van der Waals surface area contributed by atoms with E-state index in [0.29, 0.717) is 30.8 Å². The number of carbonyl (C=O) groups is 1. The Labute approximate surface area is 131 Å². The van der Waals surface area contributed by atoms with Crippen molar-refractivity contribution in [2.24, 2.45) is 5.73 Å². The van der Waals surface area contributed by atoms with Gasteiger partial charge >= 0.3 is 0 Å². The molecule has 0 unspecified atom stereocenters. The fraction of sp³-hybridized carbons (Fsp3) is 0.200. The number of nitrogens with two attached hydrogens (primary N) is 1. The van der Waals surface area contributed by atoms with E-state index in [1.807, 2.05) is 0 Å². The van der Waals surface area contributed by atoms with Gasteiger partial charge in [0.2, 0.25) is 0 Å². The number of hydrogen-bond donors (Lipinski definition) is 1. The SMILES string of the molecule is NCCCN1C(=O)c2ccccc2Oc2cc([N+](=O)[O-])cnc21. The van der Waals surface area contributed by atoms with Crippen LogP contribution < -0.4 is 15.4 Å². The van der Waals surface area contributed by atoms with E-state index in [1.165, 1.54) is 11.0 Å². The average molecular weight is 314 g/mol. The molecule has 0 bridgehead atoms. The Kier molecular flexibility index (Phi) is 3.90. The fourth-order valence-electron chi connectivity index (χ4n) is 2.35. The van der Waals surface area contributed by atoms with E-state index in [9.17, 15) is 14.9 Å². The second-order valence-electron chi connectivity index (χ2n) is 4.97. The molecule has 1 amide bonds. The maximum Gasteiger partial charge on any atom is 0.291 e. The summed E-state index contributed by atoms with van der Waals surface area (Å²) in [6, 6.07) is 8.02. The average Bonchev–Trinajstić information content (AvgIpc) is 2.67. The Bertz CT molecular complexity index is 778. The smallest absolute Gasteiger partial charge is 0.291 e. The van der Waals surface area contributed by atoms with Gasteiger partial charge < -0.3 is 10.5 Å². The molecule has 23 heavy (non-hydrogen) atoms. The van der Waals surface area contributed by atoms with Crippen molar-refractivity contribution >= 4 is 17.4 Å². The van der Waals surface area contributed by atoms with Crippen molar-refractivity contribution in [3.8, 4) is 11.5 Å². The molecule has 118 valence electrons. The summed E-state index contributed by atoms with van der Waals surface area (Å²) in [5.74, 6) is 0.505. The van der Waals surface area contributed by atoms with Crippen LogP contribution >= 0.6 is 0 Å². The molecule has 8 nitrogen and oxygen atoms in total. The van der Waals surface area contributed by atoms with E-state index in [0.717, 1.165) is 6.20 Å². The zero-order chi connectivity index (χ0) is 16.4. The standard InChI is InChI=1S/C15H14N4O4/c16-6-3-7-18-14-13(8-10(9-17-14)19(21)22)23-12-5-2-1-4-11(12)15(18)20/h1-2,4-5,8-9H,3,6-7,16H2. The summed E-state index contributed by atoms with van der Waals surface area (Å²) in [6.07, 6.45) is 1.69. The summed E-state index contributed by atoms with van der Waals surface area (Å²) in [4.78, 5) is 28.7. The summed E-state index contributed by atoms with van der Waals surface area (Å²) in [5.41, 5.74) is 5.71. The van der Waals surface area contributed by atoms with Gasteiger partial charge in [0.1, 0.15) is 11.9 Å². The highest BCUT2D eigenvalue weighted by molar-refractivity contribution is 6.09. The van der Waals surface area contributed by atoms with Crippen molar-refractivity contribution in [1.29, 1.82) is 0 Å². The molecule has 0 radical (unpaired) electrons. The Balaban J connectivity index is 2.14. The van der Waals surface area contributed by atoms with Crippen LogP contribution in [0.1, 0.15) is 16.8 Å². The highest BCUT2D eigenvalue weighted by Crippen LogP contribution is 2.39. The molecule has 0 aliphatic carbocycles. The number of rotatable bonds is 4. The van der Waals surface area contributed by atoms with E-state index in [4.69, 9.17) is 10.5 Å². The van der Waals surface area contributed by atoms with Crippen molar-refractivity contribution in [3.05, 3.63) is 52.2 Å². The van der Waals surface area contributed by atoms with E-state index < -0.39 is 4.92 Å². The predicted octanol–water partition coefficient (Wildman–Crippen LogP) is 2.09. The van der Waals surface area contributed by atoms with Gasteiger partial charge in [0, 0.05) is 6.54 Å². The van der Waals surface area contributed by atoms with Crippen LogP contribution in [0.2, 0.25) is 0 Å². The minimum Gasteiger partial charge on any atom is -0.452 e. The number of benzene rings is 1. The van der Waals surface area contributed by atoms with Gasteiger partial charge in [-0.05, 0) is 25.1 Å². The first-order valence-corrected chi connectivity index (χ1v) is 7.05. The van der Waals surface area contributed by atoms with Crippen LogP contribution in [0.5, 0.6) is 11.5 Å². The number of pyridine rings is 1. The second kappa shape index (κ2) is 6.01. The Morgan fingerprint density at radius 2 is 2.09 bits per heavy atom. The summed E-state index contributed by atoms with van der Waals surface area (Å²) < 4.78 is 5.71. The molecular weight excluding hydrogens is 300 g/mol. The lowest BCUT2D eigenvalue weighted by Gasteiger charge is -2.20. The highest BCUT2D eigenvalue weighted by atomic mass is 16.6. The number of nitro groups is 1. The largest absolute Gasteiger partial charge is 0.452 e. The number of aromatic nitrogens is 1. The molecule has 2 aromatic rings. The normalized spacial score (nSPS) is 12.9. The van der Waals surface area contributed by atoms with Crippen LogP contribution in [0.15, 0.2) is 36.5 Å². The third kappa shape index (κ3) is 2.71. The number of fused-ring (bicyclic) bond motifs is 2. The first kappa shape index (κ1) is 14.9. The van der Waals surface area contributed by atoms with Crippen LogP contribution in [0.25, 0.3) is 0 Å². The van der Waals surface area contributed by atoms with Crippen molar-refractivity contribution in [2.45, 2.75) is 6.42 Å². The molecule has 1 aromatic carbocycles. The van der Waals surface area contributed by atoms with Crippen molar-refractivity contribution in [2.75, 3.05) is 18.0 Å². The second-order valence-corrected chi connectivity index (χ2v) is 4.97. The quantitative estimate of drug-likeness (QED) is 0.683. The van der Waals surface area contributed by atoms with Gasteiger partial charge in [-0.3, -0.25) is 19.8 Å². The number of anilines is 1. The van der Waals surface area contributed by atoms with Gasteiger partial charge in [0.05, 0.1) is 16.6 Å². The van der Waals surface area contributed by atoms with Gasteiger partial charge in [-0.25, -0.2) is 4.98 Å². The number of amides is 1. The number of nitrogens with zero attached hydrogens (tertiary/aromatic N) is 3. The first-order chi connectivity index (χ1) is 11.1. The third-order valence-corrected chi connectivity index (χ3v) is 3.45. The maximum atomic E-state index is 12.8. The fourth-order valence-corrected chi connectivity index (χ4v) is 2.35. The van der Waals surface area contributed by atoms with Crippen LogP contribution in [0.4, 0.5) is 11.5 Å². The molecule has 1 aliphatic heterocycles. The van der Waals surface area contributed by atoms with E-state index in [1.54, 1.807) is 24.3 Å². The number of para-hydroxylation sites is 1. The van der Waals surface area contributed by atoms with Gasteiger partial charge in [-0.1, -0.05) is 12.1 Å². The van der Waals surface area contributed by atoms with Crippen molar-refractivity contribution < 1.29 is 14.5 Å². The number of carbonyl (C=O) groups excluding carboxylic acids is 1. The molecule has 0 atom stereocenters. The van der Waals surface area contributed by atoms with E-state index >= 15 is 0 Å². The first-order valence-electron chi connectivity index (χ1n) is 7.05. The minimum absolute atomic E-state index is 0.175. The summed E-state index contributed by atoms with van der Waals surface area (Å²) in [7, 11) is 0. The topological polar surface area (TPSA) is 112 Å². The number of hydrogen-bond acceptors (Lipinski definition) is 6. The van der Waals surface area contributed by atoms with Crippen LogP contribution in [-0.2, 0) is 0 Å². The van der Waals surface area contributed by atoms with Crippen molar-refractivity contribution in [3.63, 3.8) is 0 Å². The molecule has 2 heterocycles. The van der Waals surface area contributed by atoms with Gasteiger partial charge in [-0.15, -0.1) is 0 Å². The predicted molar refractivity (Wildman–Crippen MR) is 82.8 cm³/mol. The van der Waals surface area contributed by atoms with Crippen molar-refractivity contribution in [1.82, 2.24) is 4.98 Å². The zero-order valence-corrected chi connectivity index (χ0v) is 12.1. The molecule has 0 saturated carbocycles. The van der Waals surface area contributed by atoms with Gasteiger partial charge in [-0.2, -0.15) is 0 Å². The third-order valence-electron chi connectivity index (χ3n) is 3.45. The molecule has 3 rings (SSSR count). The lowest BCUT2D eigenvalue weighted by atomic mass is 10.1. The van der Waals surface area contributed by atoms with Crippen LogP contribution in [0, 0.1) is 10.1 Å². The molecule has 8 heteroatoms. The van der Waals surface area contributed by atoms with E-state index in [-0.39, 0.29) is 23.2 Å². The van der Waals surface area contributed by atoms with Gasteiger partial charge in [0.15, 0.2) is 11.6 Å². The summed E-state index contributed by atoms with van der Waals surface area (Å²) >= 11 is 0. The molecule has 0 saturated heterocycles. The van der Waals surface area contributed by atoms with E-state index in [2.05, 4.69) is 4.98 Å². The Hall–Kier alpha value is -3.00. The summed E-state index contributed by atoms with van der Waals surface area (Å²) in [5, 5.41) is 10.9. The highest BCUT2D eigenvalue weighted by Gasteiger charge is 2.30. The minimum atomic E-state index is -0.556. The van der Waals surface area contributed by atoms with Gasteiger partial charge in [0.25, 0.3) is 11.6 Å². The summed E-state index contributed by atoms with van der Waals surface area (Å²) in [6.45, 7) is 0.763. The number of ether oxygens (including phenoxy) is 1.